The molecule has 5 heteroatoms. The van der Waals surface area contributed by atoms with Crippen molar-refractivity contribution in [3.63, 3.8) is 0 Å². The molecule has 0 aliphatic heterocycles. The van der Waals surface area contributed by atoms with Gasteiger partial charge in [0, 0.05) is 10.0 Å². The maximum atomic E-state index is 6.05. The van der Waals surface area contributed by atoms with Crippen molar-refractivity contribution in [3.05, 3.63) is 34.6 Å². The Labute approximate surface area is 114 Å². The van der Waals surface area contributed by atoms with Gasteiger partial charge in [0.15, 0.2) is 0 Å². The topological polar surface area (TPSA) is 64.9 Å². The number of hydrogen-bond acceptors (Lipinski definition) is 4. The zero-order valence-corrected chi connectivity index (χ0v) is 11.4. The maximum Gasteiger partial charge on any atom is 0.243 e. The van der Waals surface area contributed by atoms with E-state index in [-0.39, 0.29) is 6.04 Å². The molecule has 1 saturated carbocycles. The number of nitrogens with two attached hydrogens (primary N) is 1. The van der Waals surface area contributed by atoms with Gasteiger partial charge in [0.25, 0.3) is 0 Å². The van der Waals surface area contributed by atoms with Crippen LogP contribution in [0.25, 0.3) is 11.4 Å². The van der Waals surface area contributed by atoms with Crippen molar-refractivity contribution in [2.75, 3.05) is 0 Å². The summed E-state index contributed by atoms with van der Waals surface area (Å²) in [5, 5.41) is 3.98. The molecule has 1 unspecified atom stereocenters. The average molecular weight is 308 g/mol. The minimum absolute atomic E-state index is 0.130. The predicted molar refractivity (Wildman–Crippen MR) is 71.7 cm³/mol. The van der Waals surface area contributed by atoms with Crippen molar-refractivity contribution in [1.29, 1.82) is 0 Å². The van der Waals surface area contributed by atoms with Crippen molar-refractivity contribution in [2.45, 2.75) is 25.3 Å². The van der Waals surface area contributed by atoms with E-state index >= 15 is 0 Å². The third kappa shape index (κ3) is 2.62. The van der Waals surface area contributed by atoms with E-state index in [9.17, 15) is 0 Å². The van der Waals surface area contributed by atoms with Crippen LogP contribution in [0.3, 0.4) is 0 Å². The molecule has 0 bridgehead atoms. The van der Waals surface area contributed by atoms with Crippen LogP contribution in [0.1, 0.15) is 31.2 Å². The minimum atomic E-state index is -0.130. The van der Waals surface area contributed by atoms with Crippen molar-refractivity contribution < 1.29 is 4.52 Å². The second kappa shape index (κ2) is 4.82. The fourth-order valence-corrected chi connectivity index (χ4v) is 2.18. The molecule has 0 radical (unpaired) electrons. The second-order valence-corrected chi connectivity index (χ2v) is 5.66. The van der Waals surface area contributed by atoms with Crippen LogP contribution in [0.15, 0.2) is 33.3 Å². The normalized spacial score (nSPS) is 16.8. The zero-order chi connectivity index (χ0) is 12.5. The van der Waals surface area contributed by atoms with E-state index < -0.39 is 0 Å². The van der Waals surface area contributed by atoms with Gasteiger partial charge in [-0.1, -0.05) is 33.9 Å². The van der Waals surface area contributed by atoms with Crippen molar-refractivity contribution in [1.82, 2.24) is 10.1 Å². The fourth-order valence-electron chi connectivity index (χ4n) is 1.92. The molecule has 18 heavy (non-hydrogen) atoms. The molecule has 3 rings (SSSR count). The highest BCUT2D eigenvalue weighted by Crippen LogP contribution is 2.36. The van der Waals surface area contributed by atoms with Gasteiger partial charge in [-0.15, -0.1) is 0 Å². The molecule has 2 N–H and O–H groups in total. The fraction of sp³-hybridized carbons (Fsp3) is 0.385. The highest BCUT2D eigenvalue weighted by molar-refractivity contribution is 9.10. The minimum Gasteiger partial charge on any atom is -0.337 e. The molecular formula is C13H14BrN3O. The molecule has 0 spiro atoms. The summed E-state index contributed by atoms with van der Waals surface area (Å²) in [5.74, 6) is 1.89. The molecule has 0 amide bonds. The third-order valence-electron chi connectivity index (χ3n) is 3.15. The summed E-state index contributed by atoms with van der Waals surface area (Å²) < 4.78 is 6.27. The summed E-state index contributed by atoms with van der Waals surface area (Å²) >= 11 is 3.40. The summed E-state index contributed by atoms with van der Waals surface area (Å²) in [7, 11) is 0. The molecule has 1 aliphatic carbocycles. The van der Waals surface area contributed by atoms with Gasteiger partial charge in [-0.25, -0.2) is 0 Å². The van der Waals surface area contributed by atoms with Crippen LogP contribution in [0.2, 0.25) is 0 Å². The Bertz CT molecular complexity index is 533. The van der Waals surface area contributed by atoms with Crippen LogP contribution in [0, 0.1) is 5.92 Å². The molecule has 1 aliphatic rings. The molecule has 94 valence electrons. The van der Waals surface area contributed by atoms with E-state index in [1.165, 1.54) is 12.8 Å². The Hall–Kier alpha value is -1.20. The Morgan fingerprint density at radius 3 is 2.72 bits per heavy atom. The van der Waals surface area contributed by atoms with Crippen molar-refractivity contribution >= 4 is 15.9 Å². The van der Waals surface area contributed by atoms with Crippen LogP contribution in [0.5, 0.6) is 0 Å². The molecule has 1 atom stereocenters. The lowest BCUT2D eigenvalue weighted by molar-refractivity contribution is 0.344. The summed E-state index contributed by atoms with van der Waals surface area (Å²) in [6.07, 6.45) is 3.50. The van der Waals surface area contributed by atoms with E-state index in [1.54, 1.807) is 0 Å². The second-order valence-electron chi connectivity index (χ2n) is 4.75. The number of aromatic nitrogens is 2. The Morgan fingerprint density at radius 1 is 1.33 bits per heavy atom. The van der Waals surface area contributed by atoms with E-state index in [2.05, 4.69) is 26.1 Å². The number of halogens is 1. The van der Waals surface area contributed by atoms with Crippen LogP contribution in [-0.4, -0.2) is 10.1 Å². The zero-order valence-electron chi connectivity index (χ0n) is 9.84. The highest BCUT2D eigenvalue weighted by Gasteiger charge is 2.27. The average Bonchev–Trinajstić information content (AvgIpc) is 3.04. The van der Waals surface area contributed by atoms with E-state index in [4.69, 9.17) is 10.3 Å². The first-order chi connectivity index (χ1) is 8.72. The predicted octanol–water partition coefficient (Wildman–Crippen LogP) is 3.30. The van der Waals surface area contributed by atoms with Crippen LogP contribution in [0.4, 0.5) is 0 Å². The molecule has 0 saturated heterocycles. The summed E-state index contributed by atoms with van der Waals surface area (Å²) in [4.78, 5) is 4.37. The smallest absolute Gasteiger partial charge is 0.243 e. The van der Waals surface area contributed by atoms with Crippen LogP contribution >= 0.6 is 15.9 Å². The van der Waals surface area contributed by atoms with Gasteiger partial charge in [-0.05, 0) is 36.6 Å². The quantitative estimate of drug-likeness (QED) is 0.941. The van der Waals surface area contributed by atoms with Gasteiger partial charge < -0.3 is 10.3 Å². The number of benzene rings is 1. The number of rotatable bonds is 4. The van der Waals surface area contributed by atoms with Crippen molar-refractivity contribution in [2.24, 2.45) is 11.7 Å². The summed E-state index contributed by atoms with van der Waals surface area (Å²) in [6.45, 7) is 0. The lowest BCUT2D eigenvalue weighted by Gasteiger charge is -2.03. The van der Waals surface area contributed by atoms with Gasteiger partial charge >= 0.3 is 0 Å². The molecular weight excluding hydrogens is 294 g/mol. The van der Waals surface area contributed by atoms with Crippen molar-refractivity contribution in [3.8, 4) is 11.4 Å². The third-order valence-corrected chi connectivity index (χ3v) is 3.67. The number of hydrogen-bond donors (Lipinski definition) is 1. The first kappa shape index (κ1) is 11.9. The SMILES string of the molecule is NC(CC1CC1)c1nc(-c2ccc(Br)cc2)no1. The molecule has 1 aromatic heterocycles. The van der Waals surface area contributed by atoms with Crippen LogP contribution < -0.4 is 5.73 Å². The molecule has 1 heterocycles. The molecule has 4 nitrogen and oxygen atoms in total. The standard InChI is InChI=1S/C13H14BrN3O/c14-10-5-3-9(4-6-10)12-16-13(18-17-12)11(15)7-8-1-2-8/h3-6,8,11H,1-2,7,15H2. The monoisotopic (exact) mass is 307 g/mol. The van der Waals surface area contributed by atoms with Crippen LogP contribution in [-0.2, 0) is 0 Å². The Kier molecular flexibility index (Phi) is 3.18. The van der Waals surface area contributed by atoms with Gasteiger partial charge in [-0.2, -0.15) is 4.98 Å². The Balaban J connectivity index is 1.77. The van der Waals surface area contributed by atoms with Gasteiger partial charge in [0.1, 0.15) is 0 Å². The van der Waals surface area contributed by atoms with Gasteiger partial charge in [0.05, 0.1) is 6.04 Å². The maximum absolute atomic E-state index is 6.05. The molecule has 2 aromatic rings. The summed E-state index contributed by atoms with van der Waals surface area (Å²) in [5.41, 5.74) is 6.98. The Morgan fingerprint density at radius 2 is 2.06 bits per heavy atom. The summed E-state index contributed by atoms with van der Waals surface area (Å²) in [6, 6.07) is 7.68. The highest BCUT2D eigenvalue weighted by atomic mass is 79.9. The molecule has 1 fully saturated rings. The lowest BCUT2D eigenvalue weighted by atomic mass is 10.1. The first-order valence-corrected chi connectivity index (χ1v) is 6.87. The molecule has 1 aromatic carbocycles. The first-order valence-electron chi connectivity index (χ1n) is 6.07. The largest absolute Gasteiger partial charge is 0.337 e. The van der Waals surface area contributed by atoms with E-state index in [1.807, 2.05) is 24.3 Å². The van der Waals surface area contributed by atoms with E-state index in [0.717, 1.165) is 22.4 Å². The van der Waals surface area contributed by atoms with E-state index in [0.29, 0.717) is 11.7 Å². The number of nitrogens with zero attached hydrogens (tertiary/aromatic N) is 2. The van der Waals surface area contributed by atoms with Gasteiger partial charge in [-0.3, -0.25) is 0 Å². The van der Waals surface area contributed by atoms with Gasteiger partial charge in [0.2, 0.25) is 11.7 Å². The lowest BCUT2D eigenvalue weighted by Crippen LogP contribution is -2.11.